The number of nitrogens with one attached hydrogen (secondary N) is 1. The van der Waals surface area contributed by atoms with Gasteiger partial charge in [0, 0.05) is 18.3 Å². The molecule has 0 saturated heterocycles. The molecule has 3 N–H and O–H groups in total. The van der Waals surface area contributed by atoms with Gasteiger partial charge in [-0.05, 0) is 12.7 Å². The molecule has 0 saturated carbocycles. The minimum Gasteiger partial charge on any atom is -0.354 e. The molecule has 1 atom stereocenters. The molecule has 1 aromatic heterocycles. The highest BCUT2D eigenvalue weighted by Gasteiger charge is 2.05. The van der Waals surface area contributed by atoms with E-state index in [4.69, 9.17) is 5.73 Å². The van der Waals surface area contributed by atoms with E-state index in [2.05, 4.69) is 28.8 Å². The number of rotatable bonds is 7. The van der Waals surface area contributed by atoms with Crippen LogP contribution < -0.4 is 11.1 Å². The number of amides is 1. The fourth-order valence-electron chi connectivity index (χ4n) is 1.25. The van der Waals surface area contributed by atoms with Crippen LogP contribution in [0.4, 0.5) is 0 Å². The number of thioether (sulfide) groups is 1. The van der Waals surface area contributed by atoms with Gasteiger partial charge in [-0.25, -0.2) is 4.68 Å². The maximum absolute atomic E-state index is 11.5. The standard InChI is InChI=1S/C10H19N5OS/c1-8(17-2)3-4-12-10(16)7-15-6-9(5-11)13-14-15/h6,8H,3-5,7,11H2,1-2H3,(H,12,16). The topological polar surface area (TPSA) is 85.8 Å². The van der Waals surface area contributed by atoms with Gasteiger partial charge >= 0.3 is 0 Å². The first-order chi connectivity index (χ1) is 8.15. The van der Waals surface area contributed by atoms with Crippen molar-refractivity contribution in [2.24, 2.45) is 5.73 Å². The highest BCUT2D eigenvalue weighted by Crippen LogP contribution is 2.07. The molecule has 1 unspecified atom stereocenters. The van der Waals surface area contributed by atoms with Gasteiger partial charge < -0.3 is 11.1 Å². The molecule has 6 nitrogen and oxygen atoms in total. The van der Waals surface area contributed by atoms with E-state index < -0.39 is 0 Å². The van der Waals surface area contributed by atoms with Crippen LogP contribution in [-0.4, -0.2) is 39.0 Å². The molecule has 0 aromatic carbocycles. The fraction of sp³-hybridized carbons (Fsp3) is 0.700. The molecule has 1 amide bonds. The Morgan fingerprint density at radius 3 is 3.06 bits per heavy atom. The van der Waals surface area contributed by atoms with E-state index in [-0.39, 0.29) is 12.5 Å². The van der Waals surface area contributed by atoms with E-state index in [1.54, 1.807) is 18.0 Å². The van der Waals surface area contributed by atoms with Crippen LogP contribution in [0.5, 0.6) is 0 Å². The van der Waals surface area contributed by atoms with E-state index in [1.165, 1.54) is 4.68 Å². The smallest absolute Gasteiger partial charge is 0.241 e. The Morgan fingerprint density at radius 1 is 1.71 bits per heavy atom. The average molecular weight is 257 g/mol. The zero-order chi connectivity index (χ0) is 12.7. The van der Waals surface area contributed by atoms with Crippen molar-refractivity contribution in [1.82, 2.24) is 20.3 Å². The zero-order valence-corrected chi connectivity index (χ0v) is 11.0. The quantitative estimate of drug-likeness (QED) is 0.718. The molecule has 0 aliphatic carbocycles. The zero-order valence-electron chi connectivity index (χ0n) is 10.2. The third kappa shape index (κ3) is 5.18. The van der Waals surface area contributed by atoms with Crippen LogP contribution in [-0.2, 0) is 17.9 Å². The first-order valence-corrected chi connectivity index (χ1v) is 6.83. The summed E-state index contributed by atoms with van der Waals surface area (Å²) < 4.78 is 1.50. The monoisotopic (exact) mass is 257 g/mol. The highest BCUT2D eigenvalue weighted by atomic mass is 32.2. The molecular formula is C10H19N5OS. The third-order valence-corrected chi connectivity index (χ3v) is 3.42. The summed E-state index contributed by atoms with van der Waals surface area (Å²) in [4.78, 5) is 11.5. The summed E-state index contributed by atoms with van der Waals surface area (Å²) in [7, 11) is 0. The number of hydrogen-bond donors (Lipinski definition) is 2. The SMILES string of the molecule is CSC(C)CCNC(=O)Cn1cc(CN)nn1. The van der Waals surface area contributed by atoms with Crippen molar-refractivity contribution < 1.29 is 4.79 Å². The van der Waals surface area contributed by atoms with E-state index >= 15 is 0 Å². The number of carbonyl (C=O) groups excluding carboxylic acids is 1. The van der Waals surface area contributed by atoms with E-state index in [9.17, 15) is 4.79 Å². The molecular weight excluding hydrogens is 238 g/mol. The summed E-state index contributed by atoms with van der Waals surface area (Å²) in [6.45, 7) is 3.37. The van der Waals surface area contributed by atoms with Crippen molar-refractivity contribution in [3.8, 4) is 0 Å². The third-order valence-electron chi connectivity index (χ3n) is 2.38. The molecule has 0 bridgehead atoms. The van der Waals surface area contributed by atoms with Gasteiger partial charge in [0.15, 0.2) is 0 Å². The number of nitrogens with zero attached hydrogens (tertiary/aromatic N) is 3. The van der Waals surface area contributed by atoms with Crippen molar-refractivity contribution in [3.63, 3.8) is 0 Å². The first kappa shape index (κ1) is 14.0. The van der Waals surface area contributed by atoms with E-state index in [0.29, 0.717) is 24.0 Å². The lowest BCUT2D eigenvalue weighted by molar-refractivity contribution is -0.121. The van der Waals surface area contributed by atoms with Gasteiger partial charge in [0.1, 0.15) is 6.54 Å². The molecule has 1 aromatic rings. The number of hydrogen-bond acceptors (Lipinski definition) is 5. The summed E-state index contributed by atoms with van der Waals surface area (Å²) in [5, 5.41) is 11.0. The van der Waals surface area contributed by atoms with Crippen molar-refractivity contribution in [2.45, 2.75) is 31.7 Å². The largest absolute Gasteiger partial charge is 0.354 e. The van der Waals surface area contributed by atoms with Gasteiger partial charge in [-0.3, -0.25) is 4.79 Å². The first-order valence-electron chi connectivity index (χ1n) is 5.54. The fourth-order valence-corrected chi connectivity index (χ4v) is 1.60. The van der Waals surface area contributed by atoms with Crippen LogP contribution in [0.25, 0.3) is 0 Å². The second-order valence-corrected chi connectivity index (χ2v) is 5.07. The summed E-state index contributed by atoms with van der Waals surface area (Å²) in [5.74, 6) is -0.0493. The highest BCUT2D eigenvalue weighted by molar-refractivity contribution is 7.99. The lowest BCUT2D eigenvalue weighted by Crippen LogP contribution is -2.29. The van der Waals surface area contributed by atoms with Crippen LogP contribution in [0.3, 0.4) is 0 Å². The molecule has 1 rings (SSSR count). The molecule has 0 spiro atoms. The summed E-state index contributed by atoms with van der Waals surface area (Å²) in [6, 6.07) is 0. The second-order valence-electron chi connectivity index (χ2n) is 3.80. The molecule has 0 fully saturated rings. The molecule has 0 aliphatic rings. The van der Waals surface area contributed by atoms with Gasteiger partial charge in [-0.2, -0.15) is 11.8 Å². The van der Waals surface area contributed by atoms with E-state index in [1.807, 2.05) is 0 Å². The van der Waals surface area contributed by atoms with Gasteiger partial charge in [0.2, 0.25) is 5.91 Å². The summed E-state index contributed by atoms with van der Waals surface area (Å²) >= 11 is 1.79. The van der Waals surface area contributed by atoms with Crippen molar-refractivity contribution in [2.75, 3.05) is 12.8 Å². The van der Waals surface area contributed by atoms with E-state index in [0.717, 1.165) is 6.42 Å². The Kier molecular flexibility index (Phi) is 5.99. The van der Waals surface area contributed by atoms with Crippen molar-refractivity contribution >= 4 is 17.7 Å². The van der Waals surface area contributed by atoms with Gasteiger partial charge in [0.05, 0.1) is 11.9 Å². The van der Waals surface area contributed by atoms with Crippen LogP contribution in [0.2, 0.25) is 0 Å². The summed E-state index contributed by atoms with van der Waals surface area (Å²) in [5.41, 5.74) is 6.09. The van der Waals surface area contributed by atoms with Crippen LogP contribution in [0.1, 0.15) is 19.0 Å². The number of carbonyl (C=O) groups is 1. The van der Waals surface area contributed by atoms with Gasteiger partial charge in [0.25, 0.3) is 0 Å². The number of aromatic nitrogens is 3. The molecule has 0 radical (unpaired) electrons. The maximum Gasteiger partial charge on any atom is 0.241 e. The molecule has 7 heteroatoms. The Bertz CT molecular complexity index is 354. The molecule has 17 heavy (non-hydrogen) atoms. The van der Waals surface area contributed by atoms with Crippen molar-refractivity contribution in [1.29, 1.82) is 0 Å². The van der Waals surface area contributed by atoms with Crippen LogP contribution in [0.15, 0.2) is 6.20 Å². The van der Waals surface area contributed by atoms with Gasteiger partial charge in [-0.1, -0.05) is 12.1 Å². The minimum absolute atomic E-state index is 0.0493. The van der Waals surface area contributed by atoms with Crippen molar-refractivity contribution in [3.05, 3.63) is 11.9 Å². The van der Waals surface area contributed by atoms with Gasteiger partial charge in [-0.15, -0.1) is 5.10 Å². The normalized spacial score (nSPS) is 12.4. The Hall–Kier alpha value is -1.08. The Labute approximate surface area is 105 Å². The van der Waals surface area contributed by atoms with Crippen LogP contribution in [0, 0.1) is 0 Å². The minimum atomic E-state index is -0.0493. The molecule has 0 aliphatic heterocycles. The second kappa shape index (κ2) is 7.29. The molecule has 1 heterocycles. The molecule has 96 valence electrons. The average Bonchev–Trinajstić information content (AvgIpc) is 2.76. The Morgan fingerprint density at radius 2 is 2.47 bits per heavy atom. The predicted molar refractivity (Wildman–Crippen MR) is 68.5 cm³/mol. The maximum atomic E-state index is 11.5. The van der Waals surface area contributed by atoms with Crippen LogP contribution >= 0.6 is 11.8 Å². The lowest BCUT2D eigenvalue weighted by atomic mass is 10.3. The lowest BCUT2D eigenvalue weighted by Gasteiger charge is -2.08. The number of nitrogens with two attached hydrogens (primary N) is 1. The summed E-state index contributed by atoms with van der Waals surface area (Å²) in [6.07, 6.45) is 4.72. The predicted octanol–water partition coefficient (Wildman–Crippen LogP) is -0.00540. The Balaban J connectivity index is 2.25.